The number of aryl methyl sites for hydroxylation is 1. The molecule has 0 spiro atoms. The molecule has 1 saturated heterocycles. The van der Waals surface area contributed by atoms with Crippen LogP contribution in [0.25, 0.3) is 10.8 Å². The van der Waals surface area contributed by atoms with Crippen molar-refractivity contribution in [3.63, 3.8) is 0 Å². The second-order valence-electron chi connectivity index (χ2n) is 12.3. The molecule has 0 radical (unpaired) electrons. The Morgan fingerprint density at radius 1 is 1.00 bits per heavy atom. The summed E-state index contributed by atoms with van der Waals surface area (Å²) in [5.41, 5.74) is 1.16. The van der Waals surface area contributed by atoms with Gasteiger partial charge in [-0.2, -0.15) is 0 Å². The quantitative estimate of drug-likeness (QED) is 0.206. The minimum atomic E-state index is -1.31. The molecule has 244 valence electrons. The van der Waals surface area contributed by atoms with Crippen LogP contribution in [0.2, 0.25) is 0 Å². The highest BCUT2D eigenvalue weighted by Gasteiger charge is 2.59. The minimum Gasteiger partial charge on any atom is -0.468 e. The summed E-state index contributed by atoms with van der Waals surface area (Å²) in [4.78, 5) is 43.3. The monoisotopic (exact) mass is 636 g/mol. The molecular formula is C38H40N2O7. The van der Waals surface area contributed by atoms with Gasteiger partial charge in [0.2, 0.25) is 11.8 Å². The summed E-state index contributed by atoms with van der Waals surface area (Å²) >= 11 is 0. The van der Waals surface area contributed by atoms with Crippen molar-refractivity contribution in [3.8, 4) is 0 Å². The van der Waals surface area contributed by atoms with E-state index in [4.69, 9.17) is 18.6 Å². The van der Waals surface area contributed by atoms with Crippen LogP contribution in [0, 0.1) is 18.3 Å². The van der Waals surface area contributed by atoms with Crippen LogP contribution < -0.4 is 5.32 Å². The van der Waals surface area contributed by atoms with E-state index in [9.17, 15) is 14.4 Å². The van der Waals surface area contributed by atoms with E-state index in [2.05, 4.69) is 5.32 Å². The average Bonchev–Trinajstić information content (AvgIpc) is 3.51. The van der Waals surface area contributed by atoms with E-state index in [1.54, 1.807) is 11.0 Å². The molecule has 3 heterocycles. The van der Waals surface area contributed by atoms with Gasteiger partial charge >= 0.3 is 5.97 Å². The highest BCUT2D eigenvalue weighted by molar-refractivity contribution is 5.93. The molecule has 0 saturated carbocycles. The molecule has 1 N–H and O–H groups in total. The van der Waals surface area contributed by atoms with Gasteiger partial charge in [-0.1, -0.05) is 72.8 Å². The fraction of sp³-hybridized carbons (Fsp3) is 0.342. The number of ether oxygens (including phenoxy) is 3. The van der Waals surface area contributed by atoms with E-state index < -0.39 is 29.5 Å². The van der Waals surface area contributed by atoms with E-state index in [1.165, 1.54) is 7.11 Å². The highest BCUT2D eigenvalue weighted by Crippen LogP contribution is 2.51. The molecule has 4 aromatic rings. The van der Waals surface area contributed by atoms with Gasteiger partial charge in [0.05, 0.1) is 39.5 Å². The number of methoxy groups -OCH3 is 1. The van der Waals surface area contributed by atoms with E-state index in [0.29, 0.717) is 18.1 Å². The molecule has 2 aliphatic rings. The number of hydrogen-bond acceptors (Lipinski definition) is 7. The molecule has 9 nitrogen and oxygen atoms in total. The van der Waals surface area contributed by atoms with Crippen molar-refractivity contribution >= 4 is 28.6 Å². The van der Waals surface area contributed by atoms with Gasteiger partial charge in [-0.05, 0) is 60.4 Å². The van der Waals surface area contributed by atoms with Crippen LogP contribution in [-0.4, -0.2) is 48.6 Å². The average molecular weight is 637 g/mol. The third-order valence-corrected chi connectivity index (χ3v) is 9.19. The Labute approximate surface area is 274 Å². The van der Waals surface area contributed by atoms with Gasteiger partial charge in [0.1, 0.15) is 23.0 Å². The number of furan rings is 1. The summed E-state index contributed by atoms with van der Waals surface area (Å²) in [5, 5.41) is 4.91. The van der Waals surface area contributed by atoms with Gasteiger partial charge in [0.25, 0.3) is 0 Å². The van der Waals surface area contributed by atoms with E-state index in [0.717, 1.165) is 27.7 Å². The zero-order valence-electron chi connectivity index (χ0n) is 26.9. The highest BCUT2D eigenvalue weighted by atomic mass is 16.6. The van der Waals surface area contributed by atoms with Crippen LogP contribution in [0.15, 0.2) is 101 Å². The Morgan fingerprint density at radius 3 is 2.53 bits per heavy atom. The fourth-order valence-electron chi connectivity index (χ4n) is 6.84. The zero-order valence-corrected chi connectivity index (χ0v) is 26.9. The number of esters is 1. The first kappa shape index (κ1) is 32.2. The van der Waals surface area contributed by atoms with Gasteiger partial charge < -0.3 is 28.8 Å². The SMILES string of the molecule is COC(=O)[C@]12C[C@H](CC(=O)NCc3ccc(C)o3)C(=O)N(Cc3cccc4ccccc34)C1=C[C@H](COCc1ccccc1)O[C@@H]2C. The van der Waals surface area contributed by atoms with Crippen molar-refractivity contribution in [1.82, 2.24) is 10.2 Å². The predicted molar refractivity (Wildman–Crippen MR) is 175 cm³/mol. The second-order valence-corrected chi connectivity index (χ2v) is 12.3. The van der Waals surface area contributed by atoms with Gasteiger partial charge in [-0.3, -0.25) is 14.4 Å². The number of piperidine rings is 1. The first-order valence-corrected chi connectivity index (χ1v) is 16.0. The summed E-state index contributed by atoms with van der Waals surface area (Å²) in [6.45, 7) is 4.70. The molecule has 1 aromatic heterocycles. The second kappa shape index (κ2) is 13.9. The van der Waals surface area contributed by atoms with Crippen LogP contribution in [0.1, 0.15) is 42.4 Å². The Kier molecular flexibility index (Phi) is 9.56. The Balaban J connectivity index is 1.33. The maximum atomic E-state index is 14.5. The number of carbonyl (C=O) groups is 3. The number of benzene rings is 3. The summed E-state index contributed by atoms with van der Waals surface area (Å²) in [7, 11) is 1.34. The Hall–Kier alpha value is -4.73. The molecule has 0 unspecified atom stereocenters. The normalized spacial score (nSPS) is 22.4. The number of rotatable bonds is 11. The van der Waals surface area contributed by atoms with Crippen LogP contribution in [0.4, 0.5) is 0 Å². The summed E-state index contributed by atoms with van der Waals surface area (Å²) in [6.07, 6.45) is 0.622. The maximum absolute atomic E-state index is 14.5. The van der Waals surface area contributed by atoms with Crippen molar-refractivity contribution in [2.24, 2.45) is 11.3 Å². The first-order valence-electron chi connectivity index (χ1n) is 16.0. The Morgan fingerprint density at radius 2 is 1.77 bits per heavy atom. The number of fused-ring (bicyclic) bond motifs is 2. The number of amides is 2. The lowest BCUT2D eigenvalue weighted by Gasteiger charge is -2.51. The van der Waals surface area contributed by atoms with E-state index in [1.807, 2.05) is 98.8 Å². The van der Waals surface area contributed by atoms with Crippen molar-refractivity contribution in [3.05, 3.63) is 119 Å². The summed E-state index contributed by atoms with van der Waals surface area (Å²) in [6, 6.07) is 27.4. The van der Waals surface area contributed by atoms with Gasteiger partial charge in [-0.25, -0.2) is 0 Å². The molecule has 47 heavy (non-hydrogen) atoms. The molecule has 2 amide bonds. The van der Waals surface area contributed by atoms with E-state index in [-0.39, 0.29) is 44.4 Å². The fourth-order valence-corrected chi connectivity index (χ4v) is 6.84. The molecule has 0 bridgehead atoms. The lowest BCUT2D eigenvalue weighted by atomic mass is 9.66. The van der Waals surface area contributed by atoms with Crippen LogP contribution in [0.5, 0.6) is 0 Å². The van der Waals surface area contributed by atoms with Crippen molar-refractivity contribution < 1.29 is 33.0 Å². The molecule has 2 aliphatic heterocycles. The predicted octanol–water partition coefficient (Wildman–Crippen LogP) is 5.84. The first-order chi connectivity index (χ1) is 22.8. The topological polar surface area (TPSA) is 107 Å². The maximum Gasteiger partial charge on any atom is 0.320 e. The molecule has 1 fully saturated rings. The standard InChI is InChI=1S/C38H40N2O7/c1-25-16-17-31(46-25)21-39-35(41)18-30-20-38(37(43)44-3)26(2)47-32(24-45-23-27-10-5-4-6-11-27)19-34(38)40(36(30)42)22-29-14-9-13-28-12-7-8-15-33(28)29/h4-17,19,26,30,32H,18,20-24H2,1-3H3,(H,39,41)/t26-,30+,32-,38+/m1/s1. The third-order valence-electron chi connectivity index (χ3n) is 9.19. The van der Waals surface area contributed by atoms with Crippen molar-refractivity contribution in [1.29, 1.82) is 0 Å². The molecule has 0 aliphatic carbocycles. The lowest BCUT2D eigenvalue weighted by molar-refractivity contribution is -0.178. The van der Waals surface area contributed by atoms with E-state index >= 15 is 0 Å². The molecule has 6 rings (SSSR count). The van der Waals surface area contributed by atoms with Gasteiger partial charge in [0.15, 0.2) is 0 Å². The van der Waals surface area contributed by atoms with Crippen molar-refractivity contribution in [2.45, 2.75) is 58.6 Å². The zero-order chi connectivity index (χ0) is 33.0. The summed E-state index contributed by atoms with van der Waals surface area (Å²) < 4.78 is 23.5. The van der Waals surface area contributed by atoms with Crippen LogP contribution in [-0.2, 0) is 48.3 Å². The van der Waals surface area contributed by atoms with Crippen molar-refractivity contribution in [2.75, 3.05) is 13.7 Å². The minimum absolute atomic E-state index is 0.0718. The Bertz CT molecular complexity index is 1780. The smallest absolute Gasteiger partial charge is 0.320 e. The number of hydrogen-bond donors (Lipinski definition) is 1. The molecular weight excluding hydrogens is 596 g/mol. The van der Waals surface area contributed by atoms with Crippen LogP contribution >= 0.6 is 0 Å². The summed E-state index contributed by atoms with van der Waals surface area (Å²) in [5.74, 6) is -0.481. The van der Waals surface area contributed by atoms with Crippen LogP contribution in [0.3, 0.4) is 0 Å². The molecule has 9 heteroatoms. The largest absolute Gasteiger partial charge is 0.468 e. The van der Waals surface area contributed by atoms with Gasteiger partial charge in [0, 0.05) is 18.0 Å². The third kappa shape index (κ3) is 6.73. The number of nitrogens with zero attached hydrogens (tertiary/aromatic N) is 1. The number of nitrogens with one attached hydrogen (secondary N) is 1. The molecule has 4 atom stereocenters. The number of likely N-dealkylation sites (tertiary alicyclic amines) is 1. The van der Waals surface area contributed by atoms with Gasteiger partial charge in [-0.15, -0.1) is 0 Å². The lowest BCUT2D eigenvalue weighted by Crippen LogP contribution is -2.60. The number of carbonyl (C=O) groups excluding carboxylic acids is 3. The molecule has 3 aromatic carbocycles.